The Kier molecular flexibility index (Phi) is 8.86. The number of anilines is 1. The van der Waals surface area contributed by atoms with E-state index in [1.807, 2.05) is 107 Å². The molecule has 0 aliphatic rings. The Morgan fingerprint density at radius 1 is 1.03 bits per heavy atom. The van der Waals surface area contributed by atoms with Crippen LogP contribution in [0.3, 0.4) is 0 Å². The van der Waals surface area contributed by atoms with Crippen LogP contribution in [-0.2, 0) is 0 Å². The first-order valence-corrected chi connectivity index (χ1v) is 9.86. The third-order valence-corrected chi connectivity index (χ3v) is 3.95. The fourth-order valence-corrected chi connectivity index (χ4v) is 2.59. The van der Waals surface area contributed by atoms with Crippen LogP contribution in [0.1, 0.15) is 19.4 Å². The number of rotatable bonds is 7. The molecule has 0 amide bonds. The van der Waals surface area contributed by atoms with E-state index < -0.39 is 0 Å². The summed E-state index contributed by atoms with van der Waals surface area (Å²) in [7, 11) is 5.77. The second-order valence-electron chi connectivity index (χ2n) is 6.26. The minimum Gasteiger partial charge on any atom is -0.457 e. The highest BCUT2D eigenvalue weighted by Crippen LogP contribution is 2.26. The van der Waals surface area contributed by atoms with E-state index in [0.29, 0.717) is 5.95 Å². The molecule has 0 aliphatic heterocycles. The van der Waals surface area contributed by atoms with Gasteiger partial charge in [0.2, 0.25) is 5.95 Å². The van der Waals surface area contributed by atoms with Crippen molar-refractivity contribution in [1.82, 2.24) is 15.3 Å². The molecule has 29 heavy (non-hydrogen) atoms. The van der Waals surface area contributed by atoms with Crippen LogP contribution >= 0.6 is 0 Å². The molecule has 5 nitrogen and oxygen atoms in total. The molecule has 5 heteroatoms. The maximum Gasteiger partial charge on any atom is 0.225 e. The lowest BCUT2D eigenvalue weighted by atomic mass is 10.1. The van der Waals surface area contributed by atoms with Crippen LogP contribution in [0.2, 0.25) is 0 Å². The maximum absolute atomic E-state index is 6.21. The average molecular weight is 391 g/mol. The SMILES string of the molecule is CC.CNC/C=C(/Oc1cccc(-c2ccnc(N(C)C)n2)c1)c1ccccc1. The highest BCUT2D eigenvalue weighted by atomic mass is 16.5. The molecule has 2 aromatic carbocycles. The van der Waals surface area contributed by atoms with Crippen molar-refractivity contribution in [3.05, 3.63) is 78.5 Å². The molecule has 0 bridgehead atoms. The molecule has 1 N–H and O–H groups in total. The van der Waals surface area contributed by atoms with Crippen molar-refractivity contribution in [1.29, 1.82) is 0 Å². The lowest BCUT2D eigenvalue weighted by Gasteiger charge is -2.13. The topological polar surface area (TPSA) is 50.3 Å². The number of likely N-dealkylation sites (N-methyl/N-ethyl adjacent to an activating group) is 1. The summed E-state index contributed by atoms with van der Waals surface area (Å²) in [6.45, 7) is 4.72. The summed E-state index contributed by atoms with van der Waals surface area (Å²) >= 11 is 0. The van der Waals surface area contributed by atoms with E-state index in [2.05, 4.69) is 15.3 Å². The van der Waals surface area contributed by atoms with E-state index in [1.54, 1.807) is 6.20 Å². The lowest BCUT2D eigenvalue weighted by molar-refractivity contribution is 0.513. The normalized spacial score (nSPS) is 10.7. The molecule has 0 fully saturated rings. The van der Waals surface area contributed by atoms with E-state index in [0.717, 1.165) is 34.9 Å². The molecule has 0 aliphatic carbocycles. The van der Waals surface area contributed by atoms with Crippen molar-refractivity contribution in [3.8, 4) is 17.0 Å². The van der Waals surface area contributed by atoms with Crippen molar-refractivity contribution < 1.29 is 4.74 Å². The van der Waals surface area contributed by atoms with Crippen LogP contribution in [0.15, 0.2) is 72.9 Å². The maximum atomic E-state index is 6.21. The first-order valence-electron chi connectivity index (χ1n) is 9.86. The summed E-state index contributed by atoms with van der Waals surface area (Å²) in [6.07, 6.45) is 3.81. The Morgan fingerprint density at radius 2 is 1.79 bits per heavy atom. The third kappa shape index (κ3) is 6.43. The molecule has 3 aromatic rings. The number of ether oxygens (including phenoxy) is 1. The highest BCUT2D eigenvalue weighted by Gasteiger charge is 2.08. The quantitative estimate of drug-likeness (QED) is 0.583. The van der Waals surface area contributed by atoms with Gasteiger partial charge in [-0.15, -0.1) is 0 Å². The van der Waals surface area contributed by atoms with Gasteiger partial charge in [0, 0.05) is 38.0 Å². The summed E-state index contributed by atoms with van der Waals surface area (Å²) in [6, 6.07) is 19.9. The van der Waals surface area contributed by atoms with Gasteiger partial charge in [-0.25, -0.2) is 9.97 Å². The van der Waals surface area contributed by atoms with Crippen molar-refractivity contribution in [2.75, 3.05) is 32.6 Å². The molecule has 0 radical (unpaired) electrons. The van der Waals surface area contributed by atoms with E-state index in [1.165, 1.54) is 0 Å². The summed E-state index contributed by atoms with van der Waals surface area (Å²) in [5.41, 5.74) is 2.88. The number of nitrogens with zero attached hydrogens (tertiary/aromatic N) is 3. The van der Waals surface area contributed by atoms with Gasteiger partial charge in [-0.1, -0.05) is 56.3 Å². The van der Waals surface area contributed by atoms with Crippen LogP contribution in [0.4, 0.5) is 5.95 Å². The van der Waals surface area contributed by atoms with Crippen LogP contribution < -0.4 is 15.0 Å². The predicted octanol–water partition coefficient (Wildman–Crippen LogP) is 4.88. The van der Waals surface area contributed by atoms with Gasteiger partial charge in [-0.2, -0.15) is 0 Å². The zero-order valence-electron chi connectivity index (χ0n) is 17.9. The summed E-state index contributed by atoms with van der Waals surface area (Å²) in [5.74, 6) is 2.26. The first-order chi connectivity index (χ1) is 14.2. The van der Waals surface area contributed by atoms with Gasteiger partial charge in [0.1, 0.15) is 11.5 Å². The zero-order valence-corrected chi connectivity index (χ0v) is 17.9. The molecule has 1 heterocycles. The van der Waals surface area contributed by atoms with Crippen LogP contribution in [0.25, 0.3) is 17.0 Å². The number of hydrogen-bond donors (Lipinski definition) is 1. The third-order valence-electron chi connectivity index (χ3n) is 3.95. The second kappa shape index (κ2) is 11.6. The minimum atomic E-state index is 0.678. The Balaban J connectivity index is 0.00000145. The van der Waals surface area contributed by atoms with Crippen molar-refractivity contribution in [3.63, 3.8) is 0 Å². The van der Waals surface area contributed by atoms with Gasteiger partial charge in [-0.3, -0.25) is 0 Å². The standard InChI is InChI=1S/C22H24N4O.C2H6/c1-23-14-13-21(17-8-5-4-6-9-17)27-19-11-7-10-18(16-19)20-12-15-24-22(25-20)26(2)3;1-2/h4-13,15-16,23H,14H2,1-3H3;1-2H3/b21-13+;. The first kappa shape index (κ1) is 22.1. The van der Waals surface area contributed by atoms with Crippen LogP contribution in [-0.4, -0.2) is 37.7 Å². The number of nitrogens with one attached hydrogen (secondary N) is 1. The Morgan fingerprint density at radius 3 is 2.48 bits per heavy atom. The average Bonchev–Trinajstić information content (AvgIpc) is 2.79. The molecule has 1 aromatic heterocycles. The second-order valence-corrected chi connectivity index (χ2v) is 6.26. The molecule has 0 saturated carbocycles. The molecule has 3 rings (SSSR count). The lowest BCUT2D eigenvalue weighted by Crippen LogP contribution is -2.12. The van der Waals surface area contributed by atoms with E-state index in [4.69, 9.17) is 4.74 Å². The predicted molar refractivity (Wildman–Crippen MR) is 122 cm³/mol. The largest absolute Gasteiger partial charge is 0.457 e. The van der Waals surface area contributed by atoms with Crippen molar-refractivity contribution in [2.45, 2.75) is 13.8 Å². The minimum absolute atomic E-state index is 0.678. The van der Waals surface area contributed by atoms with E-state index >= 15 is 0 Å². The van der Waals surface area contributed by atoms with E-state index in [9.17, 15) is 0 Å². The number of benzene rings is 2. The fraction of sp³-hybridized carbons (Fsp3) is 0.250. The highest BCUT2D eigenvalue weighted by molar-refractivity contribution is 5.65. The zero-order chi connectivity index (χ0) is 21.1. The molecular formula is C24H30N4O. The molecule has 0 saturated heterocycles. The molecule has 0 atom stereocenters. The van der Waals surface area contributed by atoms with Gasteiger partial charge in [0.05, 0.1) is 5.69 Å². The molecule has 0 spiro atoms. The Hall–Kier alpha value is -3.18. The fourth-order valence-electron chi connectivity index (χ4n) is 2.59. The molecule has 0 unspecified atom stereocenters. The summed E-state index contributed by atoms with van der Waals surface area (Å²) < 4.78 is 6.21. The number of hydrogen-bond acceptors (Lipinski definition) is 5. The molecule has 152 valence electrons. The van der Waals surface area contributed by atoms with Gasteiger partial charge in [0.15, 0.2) is 0 Å². The van der Waals surface area contributed by atoms with Crippen LogP contribution in [0, 0.1) is 0 Å². The smallest absolute Gasteiger partial charge is 0.225 e. The molecular weight excluding hydrogens is 360 g/mol. The van der Waals surface area contributed by atoms with Crippen molar-refractivity contribution >= 4 is 11.7 Å². The Labute approximate surface area is 174 Å². The number of aromatic nitrogens is 2. The van der Waals surface area contributed by atoms with Gasteiger partial charge in [-0.05, 0) is 31.3 Å². The van der Waals surface area contributed by atoms with Crippen molar-refractivity contribution in [2.24, 2.45) is 0 Å². The summed E-state index contributed by atoms with van der Waals surface area (Å²) in [5, 5.41) is 3.13. The van der Waals surface area contributed by atoms with Crippen LogP contribution in [0.5, 0.6) is 5.75 Å². The Bertz CT molecular complexity index is 908. The van der Waals surface area contributed by atoms with Gasteiger partial charge < -0.3 is 15.0 Å². The van der Waals surface area contributed by atoms with E-state index in [-0.39, 0.29) is 0 Å². The summed E-state index contributed by atoms with van der Waals surface area (Å²) in [4.78, 5) is 10.8. The van der Waals surface area contributed by atoms with Gasteiger partial charge in [0.25, 0.3) is 0 Å². The van der Waals surface area contributed by atoms with Gasteiger partial charge >= 0.3 is 0 Å². The monoisotopic (exact) mass is 390 g/mol.